The Hall–Kier alpha value is -2.11. The molecule has 0 radical (unpaired) electrons. The molecule has 92 valence electrons. The lowest BCUT2D eigenvalue weighted by Crippen LogP contribution is -2.19. The van der Waals surface area contributed by atoms with Gasteiger partial charge in [0, 0.05) is 6.07 Å². The molecule has 0 aromatic heterocycles. The maximum Gasteiger partial charge on any atom is 0.341 e. The molecule has 17 heavy (non-hydrogen) atoms. The second-order valence-corrected chi connectivity index (χ2v) is 3.43. The first kappa shape index (κ1) is 11.4. The van der Waals surface area contributed by atoms with Crippen molar-refractivity contribution in [2.45, 2.75) is 6.92 Å². The molecular formula is C11H13NO5. The molecule has 0 spiro atoms. The van der Waals surface area contributed by atoms with E-state index in [0.29, 0.717) is 31.3 Å². The van der Waals surface area contributed by atoms with Crippen LogP contribution in [0.1, 0.15) is 17.3 Å². The van der Waals surface area contributed by atoms with Crippen LogP contribution in [0.15, 0.2) is 6.07 Å². The first-order chi connectivity index (χ1) is 8.15. The summed E-state index contributed by atoms with van der Waals surface area (Å²) in [6.07, 6.45) is 0. The van der Waals surface area contributed by atoms with Gasteiger partial charge in [0.15, 0.2) is 11.5 Å². The van der Waals surface area contributed by atoms with Gasteiger partial charge in [0.2, 0.25) is 0 Å². The fraction of sp³-hybridized carbons (Fsp3) is 0.364. The van der Waals surface area contributed by atoms with Crippen molar-refractivity contribution in [1.29, 1.82) is 0 Å². The average molecular weight is 239 g/mol. The highest BCUT2D eigenvalue weighted by molar-refractivity contribution is 5.99. The molecule has 1 aromatic carbocycles. The molecule has 1 aliphatic heterocycles. The number of aromatic carboxylic acids is 1. The van der Waals surface area contributed by atoms with Gasteiger partial charge in [-0.2, -0.15) is 0 Å². The van der Waals surface area contributed by atoms with Gasteiger partial charge in [-0.3, -0.25) is 0 Å². The molecule has 1 aromatic rings. The fourth-order valence-electron chi connectivity index (χ4n) is 1.66. The molecule has 0 unspecified atom stereocenters. The van der Waals surface area contributed by atoms with E-state index in [1.165, 1.54) is 0 Å². The van der Waals surface area contributed by atoms with Gasteiger partial charge in [-0.1, -0.05) is 0 Å². The molecule has 0 aliphatic carbocycles. The zero-order valence-electron chi connectivity index (χ0n) is 9.36. The number of hydrogen-bond acceptors (Lipinski definition) is 5. The van der Waals surface area contributed by atoms with Gasteiger partial charge in [0.05, 0.1) is 12.3 Å². The van der Waals surface area contributed by atoms with E-state index in [0.717, 1.165) is 0 Å². The number of rotatable bonds is 3. The van der Waals surface area contributed by atoms with E-state index in [1.54, 1.807) is 13.0 Å². The molecule has 1 heterocycles. The Morgan fingerprint density at radius 1 is 1.53 bits per heavy atom. The summed E-state index contributed by atoms with van der Waals surface area (Å²) in [4.78, 5) is 11.2. The molecule has 6 heteroatoms. The molecule has 0 amide bonds. The van der Waals surface area contributed by atoms with Crippen LogP contribution in [0.25, 0.3) is 0 Å². The van der Waals surface area contributed by atoms with Crippen molar-refractivity contribution in [3.05, 3.63) is 11.6 Å². The predicted octanol–water partition coefficient (Wildman–Crippen LogP) is 1.14. The third-order valence-electron chi connectivity index (χ3n) is 2.35. The number of carbonyl (C=O) groups is 1. The van der Waals surface area contributed by atoms with Gasteiger partial charge in [-0.15, -0.1) is 0 Å². The van der Waals surface area contributed by atoms with E-state index in [4.69, 9.17) is 25.1 Å². The largest absolute Gasteiger partial charge is 0.492 e. The number of fused-ring (bicyclic) bond motifs is 1. The van der Waals surface area contributed by atoms with Crippen LogP contribution in [0.3, 0.4) is 0 Å². The Balaban J connectivity index is 2.60. The lowest BCUT2D eigenvalue weighted by molar-refractivity contribution is 0.0687. The van der Waals surface area contributed by atoms with Gasteiger partial charge in [0.1, 0.15) is 24.5 Å². The van der Waals surface area contributed by atoms with Gasteiger partial charge < -0.3 is 25.1 Å². The van der Waals surface area contributed by atoms with Crippen molar-refractivity contribution in [2.75, 3.05) is 25.6 Å². The van der Waals surface area contributed by atoms with Gasteiger partial charge in [0.25, 0.3) is 0 Å². The second kappa shape index (κ2) is 4.40. The number of carboxylic acid groups (broad SMARTS) is 1. The molecule has 0 fully saturated rings. The van der Waals surface area contributed by atoms with Crippen molar-refractivity contribution in [3.63, 3.8) is 0 Å². The summed E-state index contributed by atoms with van der Waals surface area (Å²) in [5, 5.41) is 9.14. The van der Waals surface area contributed by atoms with E-state index in [2.05, 4.69) is 0 Å². The highest BCUT2D eigenvalue weighted by atomic mass is 16.6. The molecule has 2 rings (SSSR count). The number of benzene rings is 1. The Morgan fingerprint density at radius 3 is 2.88 bits per heavy atom. The fourth-order valence-corrected chi connectivity index (χ4v) is 1.66. The third-order valence-corrected chi connectivity index (χ3v) is 2.35. The zero-order valence-corrected chi connectivity index (χ0v) is 9.36. The van der Waals surface area contributed by atoms with E-state index < -0.39 is 5.97 Å². The lowest BCUT2D eigenvalue weighted by Gasteiger charge is -2.22. The maximum atomic E-state index is 11.2. The van der Waals surface area contributed by atoms with E-state index >= 15 is 0 Å². The van der Waals surface area contributed by atoms with Crippen LogP contribution in [0, 0.1) is 0 Å². The van der Waals surface area contributed by atoms with Crippen LogP contribution in [-0.4, -0.2) is 30.9 Å². The van der Waals surface area contributed by atoms with Gasteiger partial charge >= 0.3 is 5.97 Å². The average Bonchev–Trinajstić information content (AvgIpc) is 2.30. The first-order valence-electron chi connectivity index (χ1n) is 5.23. The monoisotopic (exact) mass is 239 g/mol. The quantitative estimate of drug-likeness (QED) is 0.768. The normalized spacial score (nSPS) is 13.2. The summed E-state index contributed by atoms with van der Waals surface area (Å²) in [6, 6.07) is 1.56. The minimum absolute atomic E-state index is 0.0589. The smallest absolute Gasteiger partial charge is 0.341 e. The number of ether oxygens (including phenoxy) is 3. The van der Waals surface area contributed by atoms with E-state index in [9.17, 15) is 4.79 Å². The molecule has 3 N–H and O–H groups in total. The molecule has 0 bridgehead atoms. The highest BCUT2D eigenvalue weighted by Gasteiger charge is 2.26. The Labute approximate surface area is 97.9 Å². The van der Waals surface area contributed by atoms with Crippen LogP contribution in [0.5, 0.6) is 17.2 Å². The number of hydrogen-bond donors (Lipinski definition) is 2. The van der Waals surface area contributed by atoms with Crippen LogP contribution in [0.4, 0.5) is 5.69 Å². The second-order valence-electron chi connectivity index (χ2n) is 3.43. The molecular weight excluding hydrogens is 226 g/mol. The zero-order chi connectivity index (χ0) is 12.4. The Bertz CT molecular complexity index is 458. The van der Waals surface area contributed by atoms with Crippen LogP contribution < -0.4 is 19.9 Å². The first-order valence-corrected chi connectivity index (χ1v) is 5.23. The van der Waals surface area contributed by atoms with Crippen molar-refractivity contribution in [3.8, 4) is 17.2 Å². The summed E-state index contributed by atoms with van der Waals surface area (Å²) in [5.41, 5.74) is 5.71. The van der Waals surface area contributed by atoms with E-state index in [-0.39, 0.29) is 17.0 Å². The molecule has 1 aliphatic rings. The van der Waals surface area contributed by atoms with Crippen LogP contribution in [0.2, 0.25) is 0 Å². The number of anilines is 1. The van der Waals surface area contributed by atoms with Crippen LogP contribution >= 0.6 is 0 Å². The van der Waals surface area contributed by atoms with Crippen molar-refractivity contribution >= 4 is 11.7 Å². The summed E-state index contributed by atoms with van der Waals surface area (Å²) < 4.78 is 15.9. The summed E-state index contributed by atoms with van der Waals surface area (Å²) in [6.45, 7) is 2.86. The van der Waals surface area contributed by atoms with Crippen molar-refractivity contribution in [1.82, 2.24) is 0 Å². The Kier molecular flexibility index (Phi) is 2.95. The highest BCUT2D eigenvalue weighted by Crippen LogP contribution is 2.42. The van der Waals surface area contributed by atoms with Crippen LogP contribution in [-0.2, 0) is 0 Å². The standard InChI is InChI=1S/C11H13NO5/c1-2-15-6-5-7-10(17-4-3-16-7)8(9(6)12)11(13)14/h5H,2-4,12H2,1H3,(H,13,14). The number of carboxylic acids is 1. The lowest BCUT2D eigenvalue weighted by atomic mass is 10.1. The molecule has 0 atom stereocenters. The minimum atomic E-state index is -1.16. The Morgan fingerprint density at radius 2 is 2.24 bits per heavy atom. The summed E-state index contributed by atoms with van der Waals surface area (Å²) >= 11 is 0. The maximum absolute atomic E-state index is 11.2. The summed E-state index contributed by atoms with van der Waals surface area (Å²) in [7, 11) is 0. The van der Waals surface area contributed by atoms with Gasteiger partial charge in [-0.05, 0) is 6.92 Å². The number of nitrogens with two attached hydrogens (primary N) is 1. The number of nitrogen functional groups attached to an aromatic ring is 1. The van der Waals surface area contributed by atoms with Gasteiger partial charge in [-0.25, -0.2) is 4.79 Å². The topological polar surface area (TPSA) is 91.0 Å². The molecule has 0 saturated heterocycles. The van der Waals surface area contributed by atoms with E-state index in [1.807, 2.05) is 0 Å². The van der Waals surface area contributed by atoms with Crippen molar-refractivity contribution < 1.29 is 24.1 Å². The SMILES string of the molecule is CCOc1cc2c(c(C(=O)O)c1N)OCCO2. The summed E-state index contributed by atoms with van der Waals surface area (Å²) in [5.74, 6) is -0.337. The third kappa shape index (κ3) is 1.93. The predicted molar refractivity (Wildman–Crippen MR) is 60.0 cm³/mol. The van der Waals surface area contributed by atoms with Crippen molar-refractivity contribution in [2.24, 2.45) is 0 Å². The molecule has 6 nitrogen and oxygen atoms in total. The minimum Gasteiger partial charge on any atom is -0.492 e. The molecule has 0 saturated carbocycles.